The lowest BCUT2D eigenvalue weighted by Gasteiger charge is -2.12. The zero-order chi connectivity index (χ0) is 23.5. The predicted molar refractivity (Wildman–Crippen MR) is 120 cm³/mol. The fourth-order valence-electron chi connectivity index (χ4n) is 2.90. The van der Waals surface area contributed by atoms with E-state index in [9.17, 15) is 19.7 Å². The highest BCUT2D eigenvalue weighted by atomic mass is 35.5. The van der Waals surface area contributed by atoms with Gasteiger partial charge in [0.05, 0.1) is 23.3 Å². The van der Waals surface area contributed by atoms with Gasteiger partial charge in [0.25, 0.3) is 5.56 Å². The van der Waals surface area contributed by atoms with E-state index in [1.807, 2.05) is 0 Å². The average Bonchev–Trinajstić information content (AvgIpc) is 3.28. The smallest absolute Gasteiger partial charge is 0.338 e. The number of benzene rings is 2. The van der Waals surface area contributed by atoms with Crippen LogP contribution < -0.4 is 15.0 Å². The van der Waals surface area contributed by atoms with Crippen LogP contribution >= 0.6 is 22.9 Å². The highest BCUT2D eigenvalue weighted by Gasteiger charge is 2.19. The number of rotatable bonds is 7. The van der Waals surface area contributed by atoms with Crippen molar-refractivity contribution in [3.63, 3.8) is 0 Å². The standard InChI is InChI=1S/C21H14ClN3O7S/c1-30-18-8-12(2-4-17(18)32-16-5-3-13(22)9-15(16)25(28)29)20(27)31-11-14-10-19(26)24-6-7-33-21(24)23-14/h2-10H,11H2,1H3. The van der Waals surface area contributed by atoms with Crippen LogP contribution in [-0.2, 0) is 11.3 Å². The normalized spacial score (nSPS) is 10.7. The lowest BCUT2D eigenvalue weighted by molar-refractivity contribution is -0.385. The summed E-state index contributed by atoms with van der Waals surface area (Å²) < 4.78 is 17.6. The van der Waals surface area contributed by atoms with Crippen molar-refractivity contribution in [3.8, 4) is 17.2 Å². The van der Waals surface area contributed by atoms with Gasteiger partial charge >= 0.3 is 11.7 Å². The third-order valence-corrected chi connectivity index (χ3v) is 5.44. The zero-order valence-corrected chi connectivity index (χ0v) is 18.5. The molecule has 0 amide bonds. The Morgan fingerprint density at radius 3 is 2.73 bits per heavy atom. The van der Waals surface area contributed by atoms with Crippen molar-refractivity contribution < 1.29 is 23.9 Å². The van der Waals surface area contributed by atoms with Crippen LogP contribution in [0.3, 0.4) is 0 Å². The quantitative estimate of drug-likeness (QED) is 0.212. The van der Waals surface area contributed by atoms with Crippen molar-refractivity contribution in [1.29, 1.82) is 0 Å². The van der Waals surface area contributed by atoms with Gasteiger partial charge in [-0.25, -0.2) is 9.78 Å². The van der Waals surface area contributed by atoms with Gasteiger partial charge in [0.2, 0.25) is 5.75 Å². The monoisotopic (exact) mass is 487 g/mol. The number of nitro groups is 1. The van der Waals surface area contributed by atoms with E-state index in [1.54, 1.807) is 11.6 Å². The van der Waals surface area contributed by atoms with E-state index in [-0.39, 0.29) is 45.7 Å². The third kappa shape index (κ3) is 4.78. The summed E-state index contributed by atoms with van der Waals surface area (Å²) in [6.07, 6.45) is 1.61. The Bertz CT molecular complexity index is 1430. The second-order valence-electron chi connectivity index (χ2n) is 6.55. The van der Waals surface area contributed by atoms with Gasteiger partial charge in [-0.05, 0) is 30.3 Å². The van der Waals surface area contributed by atoms with Crippen molar-refractivity contribution in [2.45, 2.75) is 6.61 Å². The Labute approximate surface area is 194 Å². The molecule has 0 radical (unpaired) electrons. The number of ether oxygens (including phenoxy) is 3. The number of nitrogens with zero attached hydrogens (tertiary/aromatic N) is 3. The van der Waals surface area contributed by atoms with Crippen LogP contribution in [0.4, 0.5) is 5.69 Å². The van der Waals surface area contributed by atoms with Crippen LogP contribution in [-0.4, -0.2) is 27.4 Å². The number of thiazole rings is 1. The average molecular weight is 488 g/mol. The van der Waals surface area contributed by atoms with Gasteiger partial charge in [-0.1, -0.05) is 11.6 Å². The van der Waals surface area contributed by atoms with Gasteiger partial charge in [-0.2, -0.15) is 0 Å². The summed E-state index contributed by atoms with van der Waals surface area (Å²) in [6, 6.07) is 9.51. The first-order valence-electron chi connectivity index (χ1n) is 9.28. The summed E-state index contributed by atoms with van der Waals surface area (Å²) in [5.74, 6) is -0.410. The lowest BCUT2D eigenvalue weighted by Crippen LogP contribution is -2.14. The Morgan fingerprint density at radius 1 is 1.18 bits per heavy atom. The first-order valence-corrected chi connectivity index (χ1v) is 10.5. The molecule has 4 aromatic rings. The zero-order valence-electron chi connectivity index (χ0n) is 16.9. The SMILES string of the molecule is COc1cc(C(=O)OCc2cc(=O)n3ccsc3n2)ccc1Oc1ccc(Cl)cc1[N+](=O)[O-]. The number of hydrogen-bond acceptors (Lipinski definition) is 9. The molecule has 0 atom stereocenters. The van der Waals surface area contributed by atoms with Gasteiger partial charge in [0.15, 0.2) is 16.5 Å². The Balaban J connectivity index is 1.52. The molecule has 12 heteroatoms. The molecule has 33 heavy (non-hydrogen) atoms. The number of carbonyl (C=O) groups is 1. The summed E-state index contributed by atoms with van der Waals surface area (Å²) in [5, 5.41) is 13.2. The van der Waals surface area contributed by atoms with E-state index < -0.39 is 10.9 Å². The van der Waals surface area contributed by atoms with Gasteiger partial charge in [0, 0.05) is 28.7 Å². The van der Waals surface area contributed by atoms with Gasteiger partial charge in [0.1, 0.15) is 6.61 Å². The largest absolute Gasteiger partial charge is 0.493 e. The number of carbonyl (C=O) groups excluding carboxylic acids is 1. The molecule has 2 aromatic heterocycles. The van der Waals surface area contributed by atoms with Gasteiger partial charge in [-0.15, -0.1) is 11.3 Å². The molecule has 4 rings (SSSR count). The van der Waals surface area contributed by atoms with Crippen LogP contribution in [0.5, 0.6) is 17.2 Å². The number of methoxy groups -OCH3 is 1. The Kier molecular flexibility index (Phi) is 6.24. The molecule has 0 aliphatic rings. The molecule has 2 aromatic carbocycles. The van der Waals surface area contributed by atoms with E-state index in [0.717, 1.165) is 0 Å². The van der Waals surface area contributed by atoms with E-state index in [1.165, 1.54) is 65.3 Å². The molecule has 0 spiro atoms. The van der Waals surface area contributed by atoms with E-state index in [0.29, 0.717) is 10.7 Å². The van der Waals surface area contributed by atoms with Crippen molar-refractivity contribution in [2.75, 3.05) is 7.11 Å². The molecule has 0 aliphatic carbocycles. The molecule has 0 saturated carbocycles. The van der Waals surface area contributed by atoms with E-state index >= 15 is 0 Å². The predicted octanol–water partition coefficient (Wildman–Crippen LogP) is 4.48. The molecule has 0 fully saturated rings. The Morgan fingerprint density at radius 2 is 1.97 bits per heavy atom. The van der Waals surface area contributed by atoms with Crippen molar-refractivity contribution in [3.05, 3.63) is 90.8 Å². The second kappa shape index (κ2) is 9.27. The van der Waals surface area contributed by atoms with Crippen LogP contribution in [0.25, 0.3) is 4.96 Å². The molecule has 2 heterocycles. The minimum absolute atomic E-state index is 0.0423. The fourth-order valence-corrected chi connectivity index (χ4v) is 3.81. The van der Waals surface area contributed by atoms with Crippen LogP contribution in [0.2, 0.25) is 5.02 Å². The maximum atomic E-state index is 12.5. The molecular formula is C21H14ClN3O7S. The summed E-state index contributed by atoms with van der Waals surface area (Å²) >= 11 is 7.11. The first kappa shape index (κ1) is 22.2. The number of fused-ring (bicyclic) bond motifs is 1. The number of esters is 1. The summed E-state index contributed by atoms with van der Waals surface area (Å²) in [6.45, 7) is -0.194. The highest BCUT2D eigenvalue weighted by molar-refractivity contribution is 7.15. The maximum Gasteiger partial charge on any atom is 0.338 e. The van der Waals surface area contributed by atoms with Crippen molar-refractivity contribution >= 4 is 39.6 Å². The number of halogens is 1. The maximum absolute atomic E-state index is 12.5. The number of nitro benzene ring substituents is 1. The summed E-state index contributed by atoms with van der Waals surface area (Å²) in [7, 11) is 1.36. The van der Waals surface area contributed by atoms with Gasteiger partial charge < -0.3 is 14.2 Å². The third-order valence-electron chi connectivity index (χ3n) is 4.44. The highest BCUT2D eigenvalue weighted by Crippen LogP contribution is 2.38. The minimum atomic E-state index is -0.675. The molecule has 168 valence electrons. The fraction of sp³-hybridized carbons (Fsp3) is 0.0952. The van der Waals surface area contributed by atoms with E-state index in [4.69, 9.17) is 25.8 Å². The van der Waals surface area contributed by atoms with Crippen LogP contribution in [0.1, 0.15) is 16.1 Å². The molecule has 0 saturated heterocycles. The second-order valence-corrected chi connectivity index (χ2v) is 7.86. The number of aromatic nitrogens is 2. The molecular weight excluding hydrogens is 474 g/mol. The molecule has 0 unspecified atom stereocenters. The van der Waals surface area contributed by atoms with Crippen molar-refractivity contribution in [1.82, 2.24) is 9.38 Å². The topological polar surface area (TPSA) is 122 Å². The first-order chi connectivity index (χ1) is 15.9. The Hall–Kier alpha value is -3.96. The summed E-state index contributed by atoms with van der Waals surface area (Å²) in [4.78, 5) is 40.0. The lowest BCUT2D eigenvalue weighted by atomic mass is 10.2. The van der Waals surface area contributed by atoms with Crippen LogP contribution in [0.15, 0.2) is 58.8 Å². The number of hydrogen-bond donors (Lipinski definition) is 0. The van der Waals surface area contributed by atoms with Crippen LogP contribution in [0, 0.1) is 10.1 Å². The summed E-state index contributed by atoms with van der Waals surface area (Å²) in [5.41, 5.74) is -0.123. The van der Waals surface area contributed by atoms with Gasteiger partial charge in [-0.3, -0.25) is 19.3 Å². The molecule has 0 N–H and O–H groups in total. The molecule has 0 bridgehead atoms. The van der Waals surface area contributed by atoms with E-state index in [2.05, 4.69) is 4.98 Å². The molecule has 10 nitrogen and oxygen atoms in total. The molecule has 0 aliphatic heterocycles. The minimum Gasteiger partial charge on any atom is -0.493 e. The van der Waals surface area contributed by atoms with Crippen molar-refractivity contribution in [2.24, 2.45) is 0 Å².